The van der Waals surface area contributed by atoms with Gasteiger partial charge in [0.1, 0.15) is 5.83 Å². The van der Waals surface area contributed by atoms with Gasteiger partial charge in [0, 0.05) is 35.8 Å². The molecule has 4 rings (SSSR count). The molecule has 1 aliphatic heterocycles. The van der Waals surface area contributed by atoms with Crippen molar-refractivity contribution >= 4 is 5.71 Å². The first-order valence-corrected chi connectivity index (χ1v) is 9.73. The van der Waals surface area contributed by atoms with Crippen LogP contribution in [-0.4, -0.2) is 11.8 Å². The first-order valence-electron chi connectivity index (χ1n) is 9.73. The Hall–Kier alpha value is -2.00. The summed E-state index contributed by atoms with van der Waals surface area (Å²) >= 11 is 0. The standard InChI is InChI=1S/C23H27FN2/c1-23(13-14-25-22-12-9-19(24)15-21(22)23)18-7-10-20(11-8-18)26-16-17-5-3-2-4-6-17/h2-6,9,12-15,18,20-21,26H,7-8,10-11,16H2,1H3/t18-,20+,21?,23?. The van der Waals surface area contributed by atoms with Gasteiger partial charge in [-0.2, -0.15) is 0 Å². The SMILES string of the molecule is CC1([C@H]2CC[C@@H](NCc3ccccc3)CC2)C=CN=C2C=CC(F)=CC21. The number of benzene rings is 1. The van der Waals surface area contributed by atoms with E-state index < -0.39 is 0 Å². The van der Waals surface area contributed by atoms with Crippen LogP contribution in [0, 0.1) is 17.3 Å². The second kappa shape index (κ2) is 7.32. The molecule has 3 heteroatoms. The van der Waals surface area contributed by atoms with Gasteiger partial charge < -0.3 is 5.32 Å². The van der Waals surface area contributed by atoms with Crippen molar-refractivity contribution in [3.05, 3.63) is 72.2 Å². The summed E-state index contributed by atoms with van der Waals surface area (Å²) in [6.07, 6.45) is 14.0. The molecule has 2 aliphatic carbocycles. The van der Waals surface area contributed by atoms with Gasteiger partial charge in [-0.1, -0.05) is 43.3 Å². The summed E-state index contributed by atoms with van der Waals surface area (Å²) in [5.74, 6) is 0.504. The summed E-state index contributed by atoms with van der Waals surface area (Å²) in [6, 6.07) is 11.2. The summed E-state index contributed by atoms with van der Waals surface area (Å²) in [7, 11) is 0. The normalized spacial score (nSPS) is 33.4. The predicted molar refractivity (Wildman–Crippen MR) is 106 cm³/mol. The highest BCUT2D eigenvalue weighted by molar-refractivity contribution is 6.01. The average molecular weight is 350 g/mol. The largest absolute Gasteiger partial charge is 0.310 e. The molecular formula is C23H27FN2. The van der Waals surface area contributed by atoms with Crippen molar-refractivity contribution in [3.63, 3.8) is 0 Å². The van der Waals surface area contributed by atoms with Crippen LogP contribution in [0.4, 0.5) is 4.39 Å². The molecule has 1 aromatic carbocycles. The molecule has 0 bridgehead atoms. The van der Waals surface area contributed by atoms with Gasteiger partial charge in [0.25, 0.3) is 0 Å². The molecule has 0 radical (unpaired) electrons. The maximum absolute atomic E-state index is 13.9. The summed E-state index contributed by atoms with van der Waals surface area (Å²) < 4.78 is 13.9. The number of hydrogen-bond acceptors (Lipinski definition) is 2. The van der Waals surface area contributed by atoms with Crippen LogP contribution in [0.2, 0.25) is 0 Å². The molecule has 0 saturated heterocycles. The third kappa shape index (κ3) is 3.45. The lowest BCUT2D eigenvalue weighted by atomic mass is 9.60. The maximum atomic E-state index is 13.9. The van der Waals surface area contributed by atoms with E-state index in [1.54, 1.807) is 6.08 Å². The van der Waals surface area contributed by atoms with Crippen LogP contribution < -0.4 is 5.32 Å². The fourth-order valence-electron chi connectivity index (χ4n) is 4.75. The smallest absolute Gasteiger partial charge is 0.120 e. The van der Waals surface area contributed by atoms with Crippen molar-refractivity contribution in [2.75, 3.05) is 0 Å². The number of rotatable bonds is 4. The summed E-state index contributed by atoms with van der Waals surface area (Å²) in [5, 5.41) is 3.71. The van der Waals surface area contributed by atoms with Crippen molar-refractivity contribution in [1.82, 2.24) is 5.32 Å². The quantitative estimate of drug-likeness (QED) is 0.778. The van der Waals surface area contributed by atoms with Gasteiger partial charge in [-0.05, 0) is 55.4 Å². The number of hydrogen-bond donors (Lipinski definition) is 1. The molecule has 1 N–H and O–H groups in total. The van der Waals surface area contributed by atoms with Gasteiger partial charge in [0.05, 0.1) is 0 Å². The lowest BCUT2D eigenvalue weighted by molar-refractivity contribution is 0.148. The Balaban J connectivity index is 1.37. The highest BCUT2D eigenvalue weighted by atomic mass is 19.1. The van der Waals surface area contributed by atoms with Gasteiger partial charge in [-0.25, -0.2) is 4.39 Å². The van der Waals surface area contributed by atoms with E-state index in [2.05, 4.69) is 53.6 Å². The van der Waals surface area contributed by atoms with Crippen LogP contribution in [0.5, 0.6) is 0 Å². The van der Waals surface area contributed by atoms with Gasteiger partial charge in [-0.3, -0.25) is 4.99 Å². The fourth-order valence-corrected chi connectivity index (χ4v) is 4.75. The zero-order valence-corrected chi connectivity index (χ0v) is 15.4. The maximum Gasteiger partial charge on any atom is 0.120 e. The van der Waals surface area contributed by atoms with Crippen molar-refractivity contribution < 1.29 is 4.39 Å². The van der Waals surface area contributed by atoms with E-state index in [0.717, 1.165) is 12.3 Å². The van der Waals surface area contributed by atoms with Crippen LogP contribution in [0.15, 0.2) is 71.7 Å². The predicted octanol–water partition coefficient (Wildman–Crippen LogP) is 5.35. The average Bonchev–Trinajstić information content (AvgIpc) is 2.68. The van der Waals surface area contributed by atoms with E-state index in [-0.39, 0.29) is 17.2 Å². The molecule has 136 valence electrons. The van der Waals surface area contributed by atoms with E-state index in [4.69, 9.17) is 0 Å². The Labute approximate surface area is 155 Å². The third-order valence-corrected chi connectivity index (χ3v) is 6.43. The monoisotopic (exact) mass is 350 g/mol. The first-order chi connectivity index (χ1) is 12.6. The summed E-state index contributed by atoms with van der Waals surface area (Å²) in [6.45, 7) is 3.22. The Morgan fingerprint density at radius 3 is 2.65 bits per heavy atom. The molecule has 1 aromatic rings. The second-order valence-electron chi connectivity index (χ2n) is 8.01. The third-order valence-electron chi connectivity index (χ3n) is 6.43. The summed E-state index contributed by atoms with van der Waals surface area (Å²) in [5.41, 5.74) is 2.30. The van der Waals surface area contributed by atoms with E-state index in [1.165, 1.54) is 37.3 Å². The Bertz CT molecular complexity index is 754. The summed E-state index contributed by atoms with van der Waals surface area (Å²) in [4.78, 5) is 4.48. The molecule has 1 saturated carbocycles. The van der Waals surface area contributed by atoms with E-state index >= 15 is 0 Å². The molecule has 2 unspecified atom stereocenters. The molecule has 1 heterocycles. The molecule has 0 spiro atoms. The number of nitrogens with zero attached hydrogens (tertiary/aromatic N) is 1. The second-order valence-corrected chi connectivity index (χ2v) is 8.01. The molecule has 2 atom stereocenters. The van der Waals surface area contributed by atoms with Crippen molar-refractivity contribution in [2.45, 2.75) is 45.2 Å². The number of nitrogens with one attached hydrogen (secondary N) is 1. The highest BCUT2D eigenvalue weighted by Crippen LogP contribution is 2.48. The van der Waals surface area contributed by atoms with Crippen molar-refractivity contribution in [1.29, 1.82) is 0 Å². The Morgan fingerprint density at radius 1 is 1.12 bits per heavy atom. The Morgan fingerprint density at radius 2 is 1.88 bits per heavy atom. The number of aliphatic imine (C=N–C) groups is 1. The fraction of sp³-hybridized carbons (Fsp3) is 0.435. The minimum absolute atomic E-state index is 0.0381. The van der Waals surface area contributed by atoms with Crippen molar-refractivity contribution in [3.8, 4) is 0 Å². The van der Waals surface area contributed by atoms with Gasteiger partial charge >= 0.3 is 0 Å². The lowest BCUT2D eigenvalue weighted by Gasteiger charge is -2.45. The minimum atomic E-state index is -0.131. The van der Waals surface area contributed by atoms with E-state index in [1.807, 2.05) is 12.3 Å². The van der Waals surface area contributed by atoms with Crippen molar-refractivity contribution in [2.24, 2.45) is 22.2 Å². The molecule has 2 nitrogen and oxygen atoms in total. The zero-order valence-electron chi connectivity index (χ0n) is 15.4. The van der Waals surface area contributed by atoms with Crippen LogP contribution in [-0.2, 0) is 6.54 Å². The zero-order chi connectivity index (χ0) is 18.0. The van der Waals surface area contributed by atoms with Gasteiger partial charge in [-0.15, -0.1) is 0 Å². The molecular weight excluding hydrogens is 323 g/mol. The van der Waals surface area contributed by atoms with Crippen LogP contribution in [0.3, 0.4) is 0 Å². The topological polar surface area (TPSA) is 24.4 Å². The number of allylic oxidation sites excluding steroid dienone is 5. The van der Waals surface area contributed by atoms with Crippen LogP contribution in [0.1, 0.15) is 38.2 Å². The molecule has 26 heavy (non-hydrogen) atoms. The number of halogens is 1. The van der Waals surface area contributed by atoms with Gasteiger partial charge in [0.15, 0.2) is 0 Å². The lowest BCUT2D eigenvalue weighted by Crippen LogP contribution is -2.43. The van der Waals surface area contributed by atoms with Crippen LogP contribution >= 0.6 is 0 Å². The molecule has 0 amide bonds. The molecule has 1 fully saturated rings. The molecule has 3 aliphatic rings. The minimum Gasteiger partial charge on any atom is -0.310 e. The number of fused-ring (bicyclic) bond motifs is 1. The highest BCUT2D eigenvalue weighted by Gasteiger charge is 2.43. The first kappa shape index (κ1) is 17.4. The van der Waals surface area contributed by atoms with E-state index in [0.29, 0.717) is 12.0 Å². The molecule has 0 aromatic heterocycles. The Kier molecular flexibility index (Phi) is 4.90. The van der Waals surface area contributed by atoms with E-state index in [9.17, 15) is 4.39 Å². The van der Waals surface area contributed by atoms with Gasteiger partial charge in [0.2, 0.25) is 0 Å². The van der Waals surface area contributed by atoms with Crippen LogP contribution in [0.25, 0.3) is 0 Å².